The van der Waals surface area contributed by atoms with Gasteiger partial charge in [-0.25, -0.2) is 18.4 Å². The highest BCUT2D eigenvalue weighted by molar-refractivity contribution is 9.11. The van der Waals surface area contributed by atoms with Gasteiger partial charge in [0.2, 0.25) is 0 Å². The maximum absolute atomic E-state index is 12.8. The fourth-order valence-corrected chi connectivity index (χ4v) is 5.57. The maximum atomic E-state index is 12.8. The Morgan fingerprint density at radius 3 is 2.14 bits per heavy atom. The third-order valence-corrected chi connectivity index (χ3v) is 7.38. The van der Waals surface area contributed by atoms with Crippen LogP contribution in [0.3, 0.4) is 0 Å². The van der Waals surface area contributed by atoms with E-state index in [2.05, 4.69) is 35.9 Å². The predicted molar refractivity (Wildman–Crippen MR) is 117 cm³/mol. The number of fused-ring (bicyclic) bond motifs is 1. The van der Waals surface area contributed by atoms with Gasteiger partial charge < -0.3 is 5.32 Å². The molecule has 0 aliphatic rings. The van der Waals surface area contributed by atoms with E-state index in [0.29, 0.717) is 16.9 Å². The monoisotopic (exact) mass is 474 g/mol. The van der Waals surface area contributed by atoms with Crippen molar-refractivity contribution in [2.75, 3.05) is 10.0 Å². The minimum absolute atomic E-state index is 0.142. The Kier molecular flexibility index (Phi) is 5.05. The largest absolute Gasteiger partial charge is 0.337 e. The normalized spacial score (nSPS) is 11.5. The van der Waals surface area contributed by atoms with Crippen molar-refractivity contribution in [3.63, 3.8) is 0 Å². The van der Waals surface area contributed by atoms with Gasteiger partial charge in [-0.3, -0.25) is 4.72 Å². The van der Waals surface area contributed by atoms with Crippen LogP contribution in [-0.4, -0.2) is 18.4 Å². The van der Waals surface area contributed by atoms with Gasteiger partial charge in [-0.05, 0) is 59.3 Å². The van der Waals surface area contributed by atoms with E-state index in [9.17, 15) is 8.42 Å². The lowest BCUT2D eigenvalue weighted by molar-refractivity contribution is 0.603. The van der Waals surface area contributed by atoms with Gasteiger partial charge in [0.1, 0.15) is 4.21 Å². The van der Waals surface area contributed by atoms with E-state index >= 15 is 0 Å². The fourth-order valence-electron chi connectivity index (χ4n) is 2.55. The van der Waals surface area contributed by atoms with Crippen LogP contribution in [0.15, 0.2) is 68.7 Å². The van der Waals surface area contributed by atoms with Crippen LogP contribution < -0.4 is 10.0 Å². The van der Waals surface area contributed by atoms with E-state index in [1.165, 1.54) is 0 Å². The topological polar surface area (TPSA) is 84.0 Å². The molecule has 0 fully saturated rings. The Labute approximate surface area is 174 Å². The number of anilines is 3. The van der Waals surface area contributed by atoms with Crippen molar-refractivity contribution >= 4 is 65.6 Å². The Morgan fingerprint density at radius 2 is 1.54 bits per heavy atom. The minimum atomic E-state index is -3.79. The number of nitrogens with zero attached hydrogens (tertiary/aromatic N) is 2. The van der Waals surface area contributed by atoms with Gasteiger partial charge in [0.05, 0.1) is 14.8 Å². The molecule has 0 radical (unpaired) electrons. The molecule has 0 spiro atoms. The number of sulfonamides is 1. The van der Waals surface area contributed by atoms with E-state index in [-0.39, 0.29) is 10.0 Å². The first-order valence-corrected chi connectivity index (χ1v) is 11.4. The first kappa shape index (κ1) is 18.9. The first-order chi connectivity index (χ1) is 13.4. The number of halogens is 1. The molecule has 0 amide bonds. The molecule has 2 N–H and O–H groups in total. The molecule has 0 bridgehead atoms. The van der Waals surface area contributed by atoms with Gasteiger partial charge in [0.15, 0.2) is 11.6 Å². The summed E-state index contributed by atoms with van der Waals surface area (Å²) in [5.74, 6) is 0.477. The molecular weight excluding hydrogens is 460 g/mol. The van der Waals surface area contributed by atoms with Gasteiger partial charge in [0.25, 0.3) is 10.0 Å². The summed E-state index contributed by atoms with van der Waals surface area (Å²) < 4.78 is 29.1. The summed E-state index contributed by atoms with van der Waals surface area (Å²) in [6, 6.07) is 18.3. The van der Waals surface area contributed by atoms with Crippen molar-refractivity contribution < 1.29 is 8.42 Å². The second-order valence-corrected chi connectivity index (χ2v) is 10.4. The van der Waals surface area contributed by atoms with Crippen LogP contribution in [0.5, 0.6) is 0 Å². The van der Waals surface area contributed by atoms with Gasteiger partial charge >= 0.3 is 0 Å². The van der Waals surface area contributed by atoms with E-state index in [0.717, 1.165) is 26.4 Å². The molecule has 2 heterocycles. The standard InChI is InChI=1S/C19H15BrN4O2S2/c1-12-6-8-13(9-7-12)21-18-19(23-15-5-3-2-4-14(15)22-18)24-28(25,26)17-11-10-16(20)27-17/h2-11H,1H3,(H,21,22)(H,23,24). The van der Waals surface area contributed by atoms with Crippen LogP contribution in [0.1, 0.15) is 5.56 Å². The number of hydrogen-bond acceptors (Lipinski definition) is 6. The molecule has 0 saturated heterocycles. The third-order valence-electron chi connectivity index (χ3n) is 3.93. The minimum Gasteiger partial charge on any atom is -0.337 e. The molecular formula is C19H15BrN4O2S2. The Balaban J connectivity index is 1.77. The number of nitrogens with one attached hydrogen (secondary N) is 2. The number of aryl methyl sites for hydroxylation is 1. The Morgan fingerprint density at radius 1 is 0.893 bits per heavy atom. The zero-order chi connectivity index (χ0) is 19.7. The second kappa shape index (κ2) is 7.50. The first-order valence-electron chi connectivity index (χ1n) is 8.29. The Hall–Kier alpha value is -2.49. The fraction of sp³-hybridized carbons (Fsp3) is 0.0526. The zero-order valence-corrected chi connectivity index (χ0v) is 17.9. The molecule has 2 aromatic heterocycles. The highest BCUT2D eigenvalue weighted by atomic mass is 79.9. The van der Waals surface area contributed by atoms with E-state index in [1.54, 1.807) is 18.2 Å². The molecule has 4 rings (SSSR count). The predicted octanol–water partition coefficient (Wildman–Crippen LogP) is 5.31. The van der Waals surface area contributed by atoms with E-state index in [1.807, 2.05) is 49.4 Å². The van der Waals surface area contributed by atoms with Crippen LogP contribution in [0.25, 0.3) is 11.0 Å². The average molecular weight is 475 g/mol. The molecule has 0 aliphatic heterocycles. The smallest absolute Gasteiger partial charge is 0.272 e. The van der Waals surface area contributed by atoms with Crippen molar-refractivity contribution in [3.05, 3.63) is 70.0 Å². The molecule has 0 atom stereocenters. The lowest BCUT2D eigenvalue weighted by Crippen LogP contribution is -2.15. The number of hydrogen-bond donors (Lipinski definition) is 2. The summed E-state index contributed by atoms with van der Waals surface area (Å²) >= 11 is 4.42. The molecule has 6 nitrogen and oxygen atoms in total. The summed E-state index contributed by atoms with van der Waals surface area (Å²) in [5.41, 5.74) is 3.18. The van der Waals surface area contributed by atoms with Crippen molar-refractivity contribution in [3.8, 4) is 0 Å². The molecule has 0 saturated carbocycles. The quantitative estimate of drug-likeness (QED) is 0.409. The second-order valence-electron chi connectivity index (χ2n) is 6.06. The van der Waals surface area contributed by atoms with Crippen molar-refractivity contribution in [1.29, 1.82) is 0 Å². The van der Waals surface area contributed by atoms with Crippen LogP contribution in [0, 0.1) is 6.92 Å². The summed E-state index contributed by atoms with van der Waals surface area (Å²) in [5, 5.41) is 3.16. The van der Waals surface area contributed by atoms with Crippen LogP contribution in [0.2, 0.25) is 0 Å². The summed E-state index contributed by atoms with van der Waals surface area (Å²) in [6.07, 6.45) is 0. The van der Waals surface area contributed by atoms with Crippen LogP contribution in [-0.2, 0) is 10.0 Å². The lowest BCUT2D eigenvalue weighted by atomic mass is 10.2. The molecule has 9 heteroatoms. The molecule has 0 aliphatic carbocycles. The van der Waals surface area contributed by atoms with Gasteiger partial charge in [-0.15, -0.1) is 11.3 Å². The van der Waals surface area contributed by atoms with Crippen molar-refractivity contribution in [2.24, 2.45) is 0 Å². The Bertz CT molecular complexity index is 1250. The lowest BCUT2D eigenvalue weighted by Gasteiger charge is -2.13. The average Bonchev–Trinajstić information content (AvgIpc) is 3.11. The molecule has 28 heavy (non-hydrogen) atoms. The van der Waals surface area contributed by atoms with Crippen LogP contribution >= 0.6 is 27.3 Å². The SMILES string of the molecule is Cc1ccc(Nc2nc3ccccc3nc2NS(=O)(=O)c2ccc(Br)s2)cc1. The van der Waals surface area contributed by atoms with Gasteiger partial charge in [-0.2, -0.15) is 0 Å². The van der Waals surface area contributed by atoms with Crippen molar-refractivity contribution in [1.82, 2.24) is 9.97 Å². The maximum Gasteiger partial charge on any atom is 0.272 e. The number of para-hydroxylation sites is 2. The summed E-state index contributed by atoms with van der Waals surface area (Å²) in [6.45, 7) is 2.00. The van der Waals surface area contributed by atoms with Gasteiger partial charge in [-0.1, -0.05) is 29.8 Å². The summed E-state index contributed by atoms with van der Waals surface area (Å²) in [4.78, 5) is 9.05. The third kappa shape index (κ3) is 4.01. The molecule has 4 aromatic rings. The molecule has 2 aromatic carbocycles. The van der Waals surface area contributed by atoms with E-state index in [4.69, 9.17) is 0 Å². The van der Waals surface area contributed by atoms with Crippen LogP contribution in [0.4, 0.5) is 17.3 Å². The highest BCUT2D eigenvalue weighted by Crippen LogP contribution is 2.30. The van der Waals surface area contributed by atoms with Gasteiger partial charge in [0, 0.05) is 5.69 Å². The number of benzene rings is 2. The summed E-state index contributed by atoms with van der Waals surface area (Å²) in [7, 11) is -3.79. The van der Waals surface area contributed by atoms with E-state index < -0.39 is 10.0 Å². The molecule has 0 unspecified atom stereocenters. The zero-order valence-electron chi connectivity index (χ0n) is 14.7. The highest BCUT2D eigenvalue weighted by Gasteiger charge is 2.20. The van der Waals surface area contributed by atoms with Crippen molar-refractivity contribution in [2.45, 2.75) is 11.1 Å². The number of rotatable bonds is 5. The molecule has 142 valence electrons. The number of aromatic nitrogens is 2. The number of thiophene rings is 1.